The molecule has 3 heteroatoms. The summed E-state index contributed by atoms with van der Waals surface area (Å²) in [6.07, 6.45) is 0. The third-order valence-electron chi connectivity index (χ3n) is 2.65. The minimum atomic E-state index is -1.11. The van der Waals surface area contributed by atoms with Gasteiger partial charge < -0.3 is 0 Å². The number of halogens is 1. The lowest BCUT2D eigenvalue weighted by atomic mass is 10.2. The van der Waals surface area contributed by atoms with Gasteiger partial charge in [-0.1, -0.05) is 62.0 Å². The fourth-order valence-electron chi connectivity index (χ4n) is 2.35. The molecule has 0 N–H and O–H groups in total. The Kier molecular flexibility index (Phi) is 4.21. The largest absolute Gasteiger partial charge is 0.0843 e. The van der Waals surface area contributed by atoms with E-state index in [0.29, 0.717) is 0 Å². The van der Waals surface area contributed by atoms with E-state index in [1.54, 1.807) is 0 Å². The van der Waals surface area contributed by atoms with Gasteiger partial charge in [0.1, 0.15) is 0 Å². The van der Waals surface area contributed by atoms with Gasteiger partial charge in [0.25, 0.3) is 0 Å². The molecule has 1 rings (SSSR count). The van der Waals surface area contributed by atoms with E-state index < -0.39 is 8.07 Å². The van der Waals surface area contributed by atoms with Crippen LogP contribution in [0.1, 0.15) is 10.7 Å². The zero-order valence-electron chi connectivity index (χ0n) is 10.3. The molecule has 0 spiro atoms. The Hall–Kier alpha value is -0.0562. The molecule has 0 saturated heterocycles. The van der Waals surface area contributed by atoms with Crippen molar-refractivity contribution in [3.05, 3.63) is 34.9 Å². The van der Waals surface area contributed by atoms with Crippen LogP contribution in [0.3, 0.4) is 0 Å². The van der Waals surface area contributed by atoms with Gasteiger partial charge in [-0.15, -0.1) is 0 Å². The summed E-state index contributed by atoms with van der Waals surface area (Å²) in [5.74, 6) is 0. The van der Waals surface area contributed by atoms with E-state index in [1.165, 1.54) is 5.56 Å². The first-order valence-electron chi connectivity index (χ1n) is 5.38. The lowest BCUT2D eigenvalue weighted by molar-refractivity contribution is 1.21. The molecule has 0 saturated carbocycles. The van der Waals surface area contributed by atoms with Crippen molar-refractivity contribution in [1.29, 1.82) is 0 Å². The highest BCUT2D eigenvalue weighted by atomic mass is 35.5. The molecule has 0 aliphatic carbocycles. The molecule has 0 bridgehead atoms. The summed E-state index contributed by atoms with van der Waals surface area (Å²) in [6.45, 7) is 12.2. The quantitative estimate of drug-likeness (QED) is 0.693. The van der Waals surface area contributed by atoms with Crippen molar-refractivity contribution in [2.45, 2.75) is 37.9 Å². The minimum Gasteiger partial charge on any atom is -0.0843 e. The van der Waals surface area contributed by atoms with Crippen LogP contribution in [0.5, 0.6) is 0 Å². The van der Waals surface area contributed by atoms with Gasteiger partial charge >= 0.3 is 0 Å². The summed E-state index contributed by atoms with van der Waals surface area (Å²) >= 11 is 5.93. The molecule has 0 amide bonds. The van der Waals surface area contributed by atoms with Gasteiger partial charge in [-0.05, 0) is 17.3 Å². The fraction of sp³-hybridized carbons (Fsp3) is 0.500. The van der Waals surface area contributed by atoms with Gasteiger partial charge in [-0.3, -0.25) is 0 Å². The Bertz CT molecular complexity index is 311. The van der Waals surface area contributed by atoms with Crippen molar-refractivity contribution in [2.75, 3.05) is 0 Å². The molecule has 0 nitrogen and oxygen atoms in total. The molecular weight excluding hydrogens is 236 g/mol. The maximum absolute atomic E-state index is 5.93. The van der Waals surface area contributed by atoms with Gasteiger partial charge in [0.15, 0.2) is 0 Å². The van der Waals surface area contributed by atoms with Gasteiger partial charge in [0.2, 0.25) is 0 Å². The van der Waals surface area contributed by atoms with E-state index in [4.69, 9.17) is 11.6 Å². The van der Waals surface area contributed by atoms with Crippen molar-refractivity contribution in [3.8, 4) is 0 Å². The normalized spacial score (nSPS) is 14.3. The fourth-order valence-corrected chi connectivity index (χ4v) is 11.5. The summed E-state index contributed by atoms with van der Waals surface area (Å²) in [7, 11) is -1.38. The van der Waals surface area contributed by atoms with Gasteiger partial charge in [-0.25, -0.2) is 0 Å². The third kappa shape index (κ3) is 3.47. The predicted molar refractivity (Wildman–Crippen MR) is 75.0 cm³/mol. The highest BCUT2D eigenvalue weighted by molar-refractivity contribution is 6.89. The summed E-state index contributed by atoms with van der Waals surface area (Å²) in [5, 5.41) is 1.66. The van der Waals surface area contributed by atoms with Crippen molar-refractivity contribution in [1.82, 2.24) is 0 Å². The summed E-state index contributed by atoms with van der Waals surface area (Å²) in [5.41, 5.74) is 1.50. The summed E-state index contributed by atoms with van der Waals surface area (Å²) in [4.78, 5) is 0. The van der Waals surface area contributed by atoms with Gasteiger partial charge in [0.05, 0.1) is 0 Å². The smallest absolute Gasteiger partial charge is 0.0490 e. The van der Waals surface area contributed by atoms with E-state index in [1.807, 2.05) is 12.1 Å². The Morgan fingerprint density at radius 3 is 1.87 bits per heavy atom. The topological polar surface area (TPSA) is 0 Å². The molecule has 1 atom stereocenters. The SMILES string of the molecule is C[Si](C)C(c1ccc(Cl)cc1)[Si](C)(C)C. The third-order valence-corrected chi connectivity index (χ3v) is 10.8. The lowest BCUT2D eigenvalue weighted by Crippen LogP contribution is -2.38. The van der Waals surface area contributed by atoms with E-state index in [9.17, 15) is 0 Å². The molecule has 83 valence electrons. The van der Waals surface area contributed by atoms with Crippen LogP contribution in [-0.4, -0.2) is 16.9 Å². The summed E-state index contributed by atoms with van der Waals surface area (Å²) in [6, 6.07) is 8.47. The Labute approximate surface area is 101 Å². The van der Waals surface area contributed by atoms with Crippen LogP contribution in [0.2, 0.25) is 37.8 Å². The second kappa shape index (κ2) is 4.85. The number of rotatable bonds is 3. The molecule has 0 heterocycles. The van der Waals surface area contributed by atoms with Crippen LogP contribution in [-0.2, 0) is 0 Å². The number of benzene rings is 1. The van der Waals surface area contributed by atoms with Crippen LogP contribution in [0.15, 0.2) is 24.3 Å². The van der Waals surface area contributed by atoms with Gasteiger partial charge in [0, 0.05) is 21.9 Å². The second-order valence-electron chi connectivity index (χ2n) is 5.43. The van der Waals surface area contributed by atoms with Crippen LogP contribution in [0.4, 0.5) is 0 Å². The van der Waals surface area contributed by atoms with Crippen molar-refractivity contribution in [2.24, 2.45) is 0 Å². The Morgan fingerprint density at radius 1 is 1.07 bits per heavy atom. The van der Waals surface area contributed by atoms with E-state index >= 15 is 0 Å². The number of hydrogen-bond acceptors (Lipinski definition) is 0. The average Bonchev–Trinajstić information content (AvgIpc) is 2.05. The van der Waals surface area contributed by atoms with Crippen molar-refractivity contribution < 1.29 is 0 Å². The second-order valence-corrected chi connectivity index (χ2v) is 14.5. The first-order chi connectivity index (χ1) is 6.82. The van der Waals surface area contributed by atoms with Crippen molar-refractivity contribution >= 4 is 28.5 Å². The minimum absolute atomic E-state index is 0.277. The van der Waals surface area contributed by atoms with E-state index in [2.05, 4.69) is 44.9 Å². The first kappa shape index (κ1) is 13.0. The molecule has 1 aromatic rings. The summed E-state index contributed by atoms with van der Waals surface area (Å²) < 4.78 is 0. The molecule has 1 aromatic carbocycles. The molecule has 0 aromatic heterocycles. The average molecular weight is 256 g/mol. The Balaban J connectivity index is 3.05. The van der Waals surface area contributed by atoms with E-state index in [0.717, 1.165) is 10.2 Å². The van der Waals surface area contributed by atoms with Crippen LogP contribution in [0, 0.1) is 0 Å². The molecule has 1 radical (unpaired) electrons. The molecule has 0 aliphatic rings. The predicted octanol–water partition coefficient (Wildman–Crippen LogP) is 4.59. The molecule has 0 fully saturated rings. The zero-order chi connectivity index (χ0) is 11.6. The highest BCUT2D eigenvalue weighted by Gasteiger charge is 2.31. The maximum Gasteiger partial charge on any atom is 0.0490 e. The molecule has 1 unspecified atom stereocenters. The monoisotopic (exact) mass is 255 g/mol. The van der Waals surface area contributed by atoms with Gasteiger partial charge in [-0.2, -0.15) is 0 Å². The van der Waals surface area contributed by atoms with Crippen molar-refractivity contribution in [3.63, 3.8) is 0 Å². The highest BCUT2D eigenvalue weighted by Crippen LogP contribution is 2.30. The van der Waals surface area contributed by atoms with E-state index in [-0.39, 0.29) is 8.80 Å². The molecule has 0 aliphatic heterocycles. The van der Waals surface area contributed by atoms with Crippen LogP contribution < -0.4 is 0 Å². The molecular formula is C12H20ClSi2. The number of hydrogen-bond donors (Lipinski definition) is 0. The maximum atomic E-state index is 5.93. The van der Waals surface area contributed by atoms with Crippen LogP contribution >= 0.6 is 11.6 Å². The molecule has 15 heavy (non-hydrogen) atoms. The van der Waals surface area contributed by atoms with Crippen LogP contribution in [0.25, 0.3) is 0 Å². The Morgan fingerprint density at radius 2 is 1.53 bits per heavy atom. The zero-order valence-corrected chi connectivity index (χ0v) is 13.0. The lowest BCUT2D eigenvalue weighted by Gasteiger charge is -2.32. The first-order valence-corrected chi connectivity index (χ1v) is 11.9. The standard InChI is InChI=1S/C12H20ClSi2/c1-14(2)12(15(3,4)5)10-6-8-11(13)9-7-10/h6-9,12H,1-5H3.